The number of ether oxygens (including phenoxy) is 3. The van der Waals surface area contributed by atoms with E-state index in [2.05, 4.69) is 14.5 Å². The van der Waals surface area contributed by atoms with Gasteiger partial charge in [0.25, 0.3) is 5.91 Å². The van der Waals surface area contributed by atoms with Crippen molar-refractivity contribution >= 4 is 17.7 Å². The molecule has 0 unspecified atom stereocenters. The van der Waals surface area contributed by atoms with Gasteiger partial charge < -0.3 is 24.0 Å². The number of hydrogen-bond donors (Lipinski definition) is 0. The second kappa shape index (κ2) is 13.2. The summed E-state index contributed by atoms with van der Waals surface area (Å²) in [6.07, 6.45) is 4.83. The van der Waals surface area contributed by atoms with Crippen molar-refractivity contribution in [3.63, 3.8) is 0 Å². The molecule has 222 valence electrons. The molecule has 0 saturated carbocycles. The normalized spacial score (nSPS) is 19.0. The number of nitrogens with zero attached hydrogens (tertiary/aromatic N) is 3. The number of carbonyl (C=O) groups excluding carboxylic acids is 1. The van der Waals surface area contributed by atoms with Crippen molar-refractivity contribution in [2.75, 3.05) is 57.9 Å². The number of alkyl halides is 3. The Morgan fingerprint density at radius 3 is 2.46 bits per heavy atom. The molecule has 7 nitrogen and oxygen atoms in total. The summed E-state index contributed by atoms with van der Waals surface area (Å²) in [5.74, 6) is 0.498. The summed E-state index contributed by atoms with van der Waals surface area (Å²) in [7, 11) is 1.60. The molecule has 41 heavy (non-hydrogen) atoms. The van der Waals surface area contributed by atoms with Gasteiger partial charge in [0.05, 0.1) is 12.8 Å². The highest BCUT2D eigenvalue weighted by molar-refractivity contribution is 6.05. The maximum atomic E-state index is 13.1. The van der Waals surface area contributed by atoms with E-state index >= 15 is 0 Å². The Kier molecular flexibility index (Phi) is 9.39. The van der Waals surface area contributed by atoms with Crippen LogP contribution >= 0.6 is 0 Å². The molecule has 0 atom stereocenters. The average Bonchev–Trinajstić information content (AvgIpc) is 3.39. The molecule has 10 heteroatoms. The van der Waals surface area contributed by atoms with Gasteiger partial charge in [-0.25, -0.2) is 0 Å². The first-order chi connectivity index (χ1) is 19.8. The van der Waals surface area contributed by atoms with Crippen LogP contribution in [0.25, 0.3) is 6.08 Å². The Balaban J connectivity index is 1.19. The third-order valence-electron chi connectivity index (χ3n) is 8.21. The van der Waals surface area contributed by atoms with Gasteiger partial charge in [0, 0.05) is 36.8 Å². The van der Waals surface area contributed by atoms with E-state index in [-0.39, 0.29) is 17.2 Å². The lowest BCUT2D eigenvalue weighted by Gasteiger charge is -2.40. The van der Waals surface area contributed by atoms with Crippen LogP contribution in [-0.4, -0.2) is 81.1 Å². The Morgan fingerprint density at radius 1 is 0.976 bits per heavy atom. The molecule has 1 amide bonds. The number of rotatable bonds is 9. The van der Waals surface area contributed by atoms with Crippen LogP contribution in [0.1, 0.15) is 43.2 Å². The third-order valence-corrected chi connectivity index (χ3v) is 8.21. The molecule has 5 rings (SSSR count). The van der Waals surface area contributed by atoms with Gasteiger partial charge in [-0.05, 0) is 82.1 Å². The summed E-state index contributed by atoms with van der Waals surface area (Å²) < 4.78 is 54.1. The van der Waals surface area contributed by atoms with Crippen molar-refractivity contribution in [3.05, 3.63) is 53.6 Å². The predicted molar refractivity (Wildman–Crippen MR) is 152 cm³/mol. The second-order valence-electron chi connectivity index (χ2n) is 10.8. The maximum Gasteiger partial charge on any atom is 0.573 e. The molecule has 2 aromatic carbocycles. The standard InChI is InChI=1S/C31H38F3N3O4/c1-39-28-21-24-11-18-37(30(38)10-9-23-7-3-4-8-27(23)41-31(32,33)34)26(24)22-29(28)40-20-19-35-16-12-25(13-17-35)36-14-5-2-6-15-36/h3-4,7-10,21-22,25H,2,5-6,11-20H2,1H3/b10-9+. The minimum Gasteiger partial charge on any atom is -0.493 e. The molecule has 0 N–H and O–H groups in total. The lowest BCUT2D eigenvalue weighted by atomic mass is 10.00. The van der Waals surface area contributed by atoms with Crippen LogP contribution in [0.4, 0.5) is 18.9 Å². The molecule has 0 radical (unpaired) electrons. The summed E-state index contributed by atoms with van der Waals surface area (Å²) in [4.78, 5) is 19.8. The number of halogens is 3. The van der Waals surface area contributed by atoms with E-state index in [9.17, 15) is 18.0 Å². The van der Waals surface area contributed by atoms with E-state index in [1.165, 1.54) is 75.5 Å². The molecule has 3 aliphatic heterocycles. The van der Waals surface area contributed by atoms with Gasteiger partial charge in [0.2, 0.25) is 0 Å². The molecule has 0 aromatic heterocycles. The molecule has 0 aliphatic carbocycles. The molecule has 2 saturated heterocycles. The van der Waals surface area contributed by atoms with Gasteiger partial charge >= 0.3 is 6.36 Å². The molecule has 0 bridgehead atoms. The monoisotopic (exact) mass is 573 g/mol. The van der Waals surface area contributed by atoms with Gasteiger partial charge in [-0.3, -0.25) is 9.69 Å². The molecule has 2 aromatic rings. The Bertz CT molecular complexity index is 1220. The van der Waals surface area contributed by atoms with E-state index in [1.807, 2.05) is 12.1 Å². The topological polar surface area (TPSA) is 54.5 Å². The molecular formula is C31H38F3N3O4. The van der Waals surface area contributed by atoms with Crippen LogP contribution in [-0.2, 0) is 11.2 Å². The number of benzene rings is 2. The molecule has 3 heterocycles. The number of methoxy groups -OCH3 is 1. The number of amides is 1. The number of carbonyl (C=O) groups is 1. The van der Waals surface area contributed by atoms with E-state index in [1.54, 1.807) is 18.1 Å². The minimum atomic E-state index is -4.82. The predicted octanol–water partition coefficient (Wildman–Crippen LogP) is 5.53. The molecule has 0 spiro atoms. The number of hydrogen-bond acceptors (Lipinski definition) is 6. The van der Waals surface area contributed by atoms with Gasteiger partial charge in [-0.1, -0.05) is 24.6 Å². The van der Waals surface area contributed by atoms with Crippen molar-refractivity contribution in [1.82, 2.24) is 9.80 Å². The van der Waals surface area contributed by atoms with E-state index in [0.717, 1.165) is 30.9 Å². The van der Waals surface area contributed by atoms with Crippen molar-refractivity contribution < 1.29 is 32.2 Å². The van der Waals surface area contributed by atoms with Crippen LogP contribution in [0.3, 0.4) is 0 Å². The first kappa shape index (κ1) is 29.3. The smallest absolute Gasteiger partial charge is 0.493 e. The van der Waals surface area contributed by atoms with Crippen molar-refractivity contribution in [1.29, 1.82) is 0 Å². The van der Waals surface area contributed by atoms with Crippen LogP contribution in [0.5, 0.6) is 17.2 Å². The van der Waals surface area contributed by atoms with Gasteiger partial charge in [-0.2, -0.15) is 0 Å². The fourth-order valence-electron chi connectivity index (χ4n) is 6.06. The number of fused-ring (bicyclic) bond motifs is 1. The summed E-state index contributed by atoms with van der Waals surface area (Å²) in [5.41, 5.74) is 1.84. The lowest BCUT2D eigenvalue weighted by molar-refractivity contribution is -0.274. The third kappa shape index (κ3) is 7.54. The van der Waals surface area contributed by atoms with Crippen molar-refractivity contribution in [2.24, 2.45) is 0 Å². The largest absolute Gasteiger partial charge is 0.573 e. The van der Waals surface area contributed by atoms with Crippen molar-refractivity contribution in [2.45, 2.75) is 50.9 Å². The van der Waals surface area contributed by atoms with Crippen LogP contribution in [0.15, 0.2) is 42.5 Å². The second-order valence-corrected chi connectivity index (χ2v) is 10.8. The molecular weight excluding hydrogens is 535 g/mol. The van der Waals surface area contributed by atoms with E-state index in [0.29, 0.717) is 37.1 Å². The summed E-state index contributed by atoms with van der Waals surface area (Å²) in [6.45, 7) is 6.39. The number of para-hydroxylation sites is 1. The highest BCUT2D eigenvalue weighted by Gasteiger charge is 2.32. The quantitative estimate of drug-likeness (QED) is 0.368. The first-order valence-corrected chi connectivity index (χ1v) is 14.5. The molecule has 2 fully saturated rings. The fraction of sp³-hybridized carbons (Fsp3) is 0.516. The number of piperidine rings is 2. The minimum absolute atomic E-state index is 0.163. The molecule has 3 aliphatic rings. The highest BCUT2D eigenvalue weighted by atomic mass is 19.4. The maximum absolute atomic E-state index is 13.1. The van der Waals surface area contributed by atoms with Gasteiger partial charge in [0.15, 0.2) is 11.5 Å². The van der Waals surface area contributed by atoms with Crippen LogP contribution in [0, 0.1) is 0 Å². The zero-order chi connectivity index (χ0) is 28.8. The summed E-state index contributed by atoms with van der Waals surface area (Å²) in [5, 5.41) is 0. The Hall–Kier alpha value is -3.24. The average molecular weight is 574 g/mol. The number of anilines is 1. The number of likely N-dealkylation sites (tertiary alicyclic amines) is 2. The van der Waals surface area contributed by atoms with Crippen LogP contribution < -0.4 is 19.1 Å². The van der Waals surface area contributed by atoms with Gasteiger partial charge in [-0.15, -0.1) is 13.2 Å². The Morgan fingerprint density at radius 2 is 1.73 bits per heavy atom. The zero-order valence-electron chi connectivity index (χ0n) is 23.5. The Labute approximate surface area is 239 Å². The summed E-state index contributed by atoms with van der Waals surface area (Å²) in [6, 6.07) is 10.2. The van der Waals surface area contributed by atoms with Crippen molar-refractivity contribution in [3.8, 4) is 17.2 Å². The fourth-order valence-corrected chi connectivity index (χ4v) is 6.06. The van der Waals surface area contributed by atoms with Crippen LogP contribution in [0.2, 0.25) is 0 Å². The van der Waals surface area contributed by atoms with E-state index < -0.39 is 6.36 Å². The SMILES string of the molecule is COc1cc2c(cc1OCCN1CCC(N3CCCCC3)CC1)N(C(=O)/C=C/c1ccccc1OC(F)(F)F)CC2. The van der Waals surface area contributed by atoms with Gasteiger partial charge in [0.1, 0.15) is 12.4 Å². The summed E-state index contributed by atoms with van der Waals surface area (Å²) >= 11 is 0. The lowest BCUT2D eigenvalue weighted by Crippen LogP contribution is -2.47. The first-order valence-electron chi connectivity index (χ1n) is 14.5. The van der Waals surface area contributed by atoms with E-state index in [4.69, 9.17) is 9.47 Å². The zero-order valence-corrected chi connectivity index (χ0v) is 23.5. The highest BCUT2D eigenvalue weighted by Crippen LogP contribution is 2.39.